The van der Waals surface area contributed by atoms with Gasteiger partial charge in [0, 0.05) is 0 Å². The van der Waals surface area contributed by atoms with Crippen LogP contribution in [-0.4, -0.2) is 22.6 Å². The number of nitrogens with one attached hydrogen (secondary N) is 1. The number of rotatable bonds is 5. The fraction of sp³-hybridized carbons (Fsp3) is 0.0625. The molecule has 0 fully saturated rings. The highest BCUT2D eigenvalue weighted by Crippen LogP contribution is 2.24. The van der Waals surface area contributed by atoms with Crippen LogP contribution in [0, 0.1) is 22.7 Å². The van der Waals surface area contributed by atoms with Gasteiger partial charge >= 0.3 is 0 Å². The first-order valence-corrected chi connectivity index (χ1v) is 7.87. The quantitative estimate of drug-likeness (QED) is 0.682. The fourth-order valence-corrected chi connectivity index (χ4v) is 2.68. The number of para-hydroxylation sites is 1. The molecule has 0 aliphatic carbocycles. The maximum atomic E-state index is 12.1. The van der Waals surface area contributed by atoms with Crippen LogP contribution in [-0.2, 0) is 4.79 Å². The number of amides is 2. The van der Waals surface area contributed by atoms with Crippen molar-refractivity contribution in [1.29, 1.82) is 10.5 Å². The van der Waals surface area contributed by atoms with E-state index in [0.29, 0.717) is 5.69 Å². The topological polar surface area (TPSA) is 159 Å². The van der Waals surface area contributed by atoms with Crippen LogP contribution >= 0.6 is 11.8 Å². The monoisotopic (exact) mass is 352 g/mol. The number of thioether (sulfide) groups is 1. The van der Waals surface area contributed by atoms with E-state index in [4.69, 9.17) is 22.0 Å². The van der Waals surface area contributed by atoms with E-state index >= 15 is 0 Å². The van der Waals surface area contributed by atoms with E-state index in [9.17, 15) is 9.59 Å². The minimum absolute atomic E-state index is 0.0107. The molecule has 0 bridgehead atoms. The van der Waals surface area contributed by atoms with Gasteiger partial charge in [0.2, 0.25) is 5.91 Å². The molecule has 2 amide bonds. The molecule has 5 N–H and O–H groups in total. The van der Waals surface area contributed by atoms with Crippen LogP contribution < -0.4 is 16.8 Å². The zero-order valence-electron chi connectivity index (χ0n) is 12.8. The predicted octanol–water partition coefficient (Wildman–Crippen LogP) is 1.24. The van der Waals surface area contributed by atoms with Gasteiger partial charge < -0.3 is 16.8 Å². The lowest BCUT2D eigenvalue weighted by molar-refractivity contribution is -0.113. The summed E-state index contributed by atoms with van der Waals surface area (Å²) >= 11 is 0.995. The first kappa shape index (κ1) is 17.8. The maximum Gasteiger partial charge on any atom is 0.250 e. The normalized spacial score (nSPS) is 9.68. The SMILES string of the molecule is N#Cc1cc(C#N)c(SCC(=O)Nc2ccccc2C(N)=O)nc1N. The van der Waals surface area contributed by atoms with Crippen LogP contribution in [0.2, 0.25) is 0 Å². The molecule has 2 rings (SSSR count). The summed E-state index contributed by atoms with van der Waals surface area (Å²) in [5, 5.41) is 20.8. The van der Waals surface area contributed by atoms with Gasteiger partial charge in [0.05, 0.1) is 28.1 Å². The van der Waals surface area contributed by atoms with E-state index in [0.717, 1.165) is 11.8 Å². The van der Waals surface area contributed by atoms with Crippen molar-refractivity contribution in [2.75, 3.05) is 16.8 Å². The third kappa shape index (κ3) is 4.25. The molecule has 0 aliphatic heterocycles. The summed E-state index contributed by atoms with van der Waals surface area (Å²) in [4.78, 5) is 27.4. The standard InChI is InChI=1S/C16H12N6O2S/c17-6-9-5-10(7-18)16(22-14(9)19)25-8-13(23)21-12-4-2-1-3-11(12)15(20)24/h1-5H,8H2,(H2,19,22)(H2,20,24)(H,21,23). The molecule has 25 heavy (non-hydrogen) atoms. The average molecular weight is 352 g/mol. The van der Waals surface area contributed by atoms with Crippen molar-refractivity contribution < 1.29 is 9.59 Å². The van der Waals surface area contributed by atoms with Crippen LogP contribution in [0.5, 0.6) is 0 Å². The lowest BCUT2D eigenvalue weighted by atomic mass is 10.1. The summed E-state index contributed by atoms with van der Waals surface area (Å²) in [7, 11) is 0. The molecule has 0 aliphatic rings. The van der Waals surface area contributed by atoms with Crippen molar-refractivity contribution in [3.8, 4) is 12.1 Å². The highest BCUT2D eigenvalue weighted by Gasteiger charge is 2.14. The van der Waals surface area contributed by atoms with E-state index < -0.39 is 11.8 Å². The van der Waals surface area contributed by atoms with Gasteiger partial charge in [-0.25, -0.2) is 4.98 Å². The molecular weight excluding hydrogens is 340 g/mol. The number of benzene rings is 1. The third-order valence-electron chi connectivity index (χ3n) is 3.06. The first-order valence-electron chi connectivity index (χ1n) is 6.88. The highest BCUT2D eigenvalue weighted by molar-refractivity contribution is 8.00. The van der Waals surface area contributed by atoms with E-state index in [1.807, 2.05) is 12.1 Å². The molecule has 0 saturated heterocycles. The largest absolute Gasteiger partial charge is 0.383 e. The van der Waals surface area contributed by atoms with Crippen LogP contribution in [0.3, 0.4) is 0 Å². The Labute approximate surface area is 147 Å². The number of hydrogen-bond acceptors (Lipinski definition) is 7. The summed E-state index contributed by atoms with van der Waals surface area (Å²) in [6.45, 7) is 0. The van der Waals surface area contributed by atoms with Gasteiger partial charge in [-0.05, 0) is 18.2 Å². The minimum atomic E-state index is -0.656. The second-order valence-corrected chi connectivity index (χ2v) is 5.71. The number of nitrogens with zero attached hydrogens (tertiary/aromatic N) is 3. The smallest absolute Gasteiger partial charge is 0.250 e. The number of nitriles is 2. The number of nitrogen functional groups attached to an aromatic ring is 1. The molecule has 124 valence electrons. The average Bonchev–Trinajstić information content (AvgIpc) is 2.60. The lowest BCUT2D eigenvalue weighted by Crippen LogP contribution is -2.19. The Kier molecular flexibility index (Phi) is 5.56. The van der Waals surface area contributed by atoms with Crippen LogP contribution in [0.25, 0.3) is 0 Å². The number of carbonyl (C=O) groups excluding carboxylic acids is 2. The second-order valence-electron chi connectivity index (χ2n) is 4.74. The Morgan fingerprint density at radius 2 is 1.88 bits per heavy atom. The van der Waals surface area contributed by atoms with Gasteiger partial charge in [-0.2, -0.15) is 10.5 Å². The Morgan fingerprint density at radius 3 is 2.52 bits per heavy atom. The number of pyridine rings is 1. The van der Waals surface area contributed by atoms with Crippen LogP contribution in [0.15, 0.2) is 35.4 Å². The molecule has 1 heterocycles. The highest BCUT2D eigenvalue weighted by atomic mass is 32.2. The van der Waals surface area contributed by atoms with Crippen LogP contribution in [0.4, 0.5) is 11.5 Å². The molecule has 0 atom stereocenters. The van der Waals surface area contributed by atoms with E-state index in [1.54, 1.807) is 18.2 Å². The predicted molar refractivity (Wildman–Crippen MR) is 92.4 cm³/mol. The van der Waals surface area contributed by atoms with Gasteiger partial charge in [0.1, 0.15) is 23.0 Å². The van der Waals surface area contributed by atoms with Crippen molar-refractivity contribution in [3.63, 3.8) is 0 Å². The molecule has 1 aromatic heterocycles. The number of nitrogens with two attached hydrogens (primary N) is 2. The lowest BCUT2D eigenvalue weighted by Gasteiger charge is -2.09. The van der Waals surface area contributed by atoms with Gasteiger partial charge in [-0.15, -0.1) is 0 Å². The zero-order chi connectivity index (χ0) is 18.4. The van der Waals surface area contributed by atoms with E-state index in [-0.39, 0.29) is 33.3 Å². The first-order chi connectivity index (χ1) is 12.0. The van der Waals surface area contributed by atoms with Crippen molar-refractivity contribution in [2.24, 2.45) is 5.73 Å². The third-order valence-corrected chi connectivity index (χ3v) is 4.06. The number of anilines is 2. The van der Waals surface area contributed by atoms with Crippen molar-refractivity contribution in [2.45, 2.75) is 5.03 Å². The van der Waals surface area contributed by atoms with Gasteiger partial charge in [-0.1, -0.05) is 23.9 Å². The maximum absolute atomic E-state index is 12.1. The summed E-state index contributed by atoms with van der Waals surface area (Å²) in [6.07, 6.45) is 0. The molecule has 9 heteroatoms. The number of hydrogen-bond donors (Lipinski definition) is 3. The van der Waals surface area contributed by atoms with Crippen LogP contribution in [0.1, 0.15) is 21.5 Å². The molecule has 0 unspecified atom stereocenters. The molecule has 8 nitrogen and oxygen atoms in total. The molecule has 0 saturated carbocycles. The Hall–Kier alpha value is -3.56. The van der Waals surface area contributed by atoms with Crippen molar-refractivity contribution in [1.82, 2.24) is 4.98 Å². The Bertz CT molecular complexity index is 929. The van der Waals surface area contributed by atoms with Gasteiger partial charge in [0.25, 0.3) is 5.91 Å². The fourth-order valence-electron chi connectivity index (χ4n) is 1.92. The summed E-state index contributed by atoms with van der Waals surface area (Å²) in [5.41, 5.74) is 11.6. The molecule has 1 aromatic carbocycles. The minimum Gasteiger partial charge on any atom is -0.383 e. The Balaban J connectivity index is 2.12. The zero-order valence-corrected chi connectivity index (χ0v) is 13.6. The van der Waals surface area contributed by atoms with Gasteiger partial charge in [-0.3, -0.25) is 9.59 Å². The molecule has 0 spiro atoms. The van der Waals surface area contributed by atoms with Crippen molar-refractivity contribution in [3.05, 3.63) is 47.0 Å². The van der Waals surface area contributed by atoms with Gasteiger partial charge in [0.15, 0.2) is 0 Å². The second kappa shape index (κ2) is 7.81. The van der Waals surface area contributed by atoms with E-state index in [1.165, 1.54) is 12.1 Å². The number of aromatic nitrogens is 1. The van der Waals surface area contributed by atoms with E-state index in [2.05, 4.69) is 10.3 Å². The summed E-state index contributed by atoms with van der Waals surface area (Å²) in [5.74, 6) is -1.15. The number of carbonyl (C=O) groups is 2. The summed E-state index contributed by atoms with van der Waals surface area (Å²) in [6, 6.07) is 11.4. The molecule has 2 aromatic rings. The summed E-state index contributed by atoms with van der Waals surface area (Å²) < 4.78 is 0. The van der Waals surface area contributed by atoms with Crippen molar-refractivity contribution >= 4 is 35.1 Å². The Morgan fingerprint density at radius 1 is 1.20 bits per heavy atom. The molecule has 0 radical (unpaired) electrons. The molecular formula is C16H12N6O2S. The number of primary amides is 1.